The summed E-state index contributed by atoms with van der Waals surface area (Å²) in [6, 6.07) is 1.24. The number of piperidine rings is 1. The summed E-state index contributed by atoms with van der Waals surface area (Å²) in [5.74, 6) is -0.853. The molecule has 1 aliphatic heterocycles. The lowest BCUT2D eigenvalue weighted by Crippen LogP contribution is -2.43. The largest absolute Gasteiger partial charge is 0.383 e. The molecule has 0 spiro atoms. The quantitative estimate of drug-likeness (QED) is 0.809. The van der Waals surface area contributed by atoms with E-state index in [1.807, 2.05) is 7.05 Å². The van der Waals surface area contributed by atoms with Crippen LogP contribution in [0.1, 0.15) is 23.2 Å². The van der Waals surface area contributed by atoms with Gasteiger partial charge in [0.25, 0.3) is 5.91 Å². The summed E-state index contributed by atoms with van der Waals surface area (Å²) in [5, 5.41) is 2.87. The Morgan fingerprint density at radius 3 is 2.89 bits per heavy atom. The number of aromatic nitrogens is 1. The number of halogens is 1. The third-order valence-electron chi connectivity index (χ3n) is 3.18. The van der Waals surface area contributed by atoms with Crippen LogP contribution in [0.25, 0.3) is 0 Å². The van der Waals surface area contributed by atoms with Crippen molar-refractivity contribution in [3.63, 3.8) is 0 Å². The summed E-state index contributed by atoms with van der Waals surface area (Å²) in [6.07, 6.45) is 2.79. The zero-order chi connectivity index (χ0) is 13.1. The van der Waals surface area contributed by atoms with Gasteiger partial charge in [-0.3, -0.25) is 4.79 Å². The molecule has 5 nitrogen and oxygen atoms in total. The topological polar surface area (TPSA) is 71.2 Å². The number of nitrogens with one attached hydrogen (secondary N) is 1. The number of nitrogen functional groups attached to an aromatic ring is 1. The fourth-order valence-electron chi connectivity index (χ4n) is 2.05. The van der Waals surface area contributed by atoms with Crippen LogP contribution in [0.5, 0.6) is 0 Å². The Morgan fingerprint density at radius 1 is 1.56 bits per heavy atom. The van der Waals surface area contributed by atoms with E-state index in [0.717, 1.165) is 38.2 Å². The maximum atomic E-state index is 13.0. The number of hydrogen-bond acceptors (Lipinski definition) is 4. The molecule has 1 fully saturated rings. The number of carbonyl (C=O) groups is 1. The van der Waals surface area contributed by atoms with Gasteiger partial charge >= 0.3 is 0 Å². The lowest BCUT2D eigenvalue weighted by atomic mass is 10.1. The van der Waals surface area contributed by atoms with Crippen molar-refractivity contribution in [3.8, 4) is 0 Å². The van der Waals surface area contributed by atoms with Gasteiger partial charge in [0, 0.05) is 6.04 Å². The molecule has 2 rings (SSSR count). The normalized spacial score (nSPS) is 17.7. The summed E-state index contributed by atoms with van der Waals surface area (Å²) < 4.78 is 13.0. The third-order valence-corrected chi connectivity index (χ3v) is 3.18. The molecule has 0 bridgehead atoms. The number of nitrogens with zero attached hydrogens (tertiary/aromatic N) is 2. The molecule has 0 saturated carbocycles. The standard InChI is InChI=1S/C12H17FN4O/c1-17-4-2-9(3-5-17)16-12(18)10-6-8(13)7-15-11(10)14/h6-7,9H,2-5H2,1H3,(H2,14,15)(H,16,18). The van der Waals surface area contributed by atoms with Crippen molar-refractivity contribution in [2.24, 2.45) is 0 Å². The van der Waals surface area contributed by atoms with E-state index in [0.29, 0.717) is 0 Å². The second-order valence-electron chi connectivity index (χ2n) is 4.64. The number of anilines is 1. The highest BCUT2D eigenvalue weighted by Crippen LogP contribution is 2.13. The zero-order valence-electron chi connectivity index (χ0n) is 10.3. The molecule has 0 aliphatic carbocycles. The molecule has 98 valence electrons. The van der Waals surface area contributed by atoms with Crippen molar-refractivity contribution >= 4 is 11.7 Å². The Balaban J connectivity index is 2.01. The Hall–Kier alpha value is -1.69. The van der Waals surface area contributed by atoms with E-state index < -0.39 is 5.82 Å². The predicted molar refractivity (Wildman–Crippen MR) is 66.6 cm³/mol. The molecule has 0 atom stereocenters. The molecule has 0 unspecified atom stereocenters. The number of rotatable bonds is 2. The highest BCUT2D eigenvalue weighted by atomic mass is 19.1. The summed E-state index contributed by atoms with van der Waals surface area (Å²) in [7, 11) is 2.05. The fourth-order valence-corrected chi connectivity index (χ4v) is 2.05. The Morgan fingerprint density at radius 2 is 2.22 bits per heavy atom. The number of carbonyl (C=O) groups excluding carboxylic acids is 1. The Labute approximate surface area is 105 Å². The van der Waals surface area contributed by atoms with E-state index in [9.17, 15) is 9.18 Å². The molecule has 6 heteroatoms. The average molecular weight is 252 g/mol. The fraction of sp³-hybridized carbons (Fsp3) is 0.500. The molecule has 2 heterocycles. The maximum absolute atomic E-state index is 13.0. The van der Waals surface area contributed by atoms with E-state index in [1.165, 1.54) is 0 Å². The van der Waals surface area contributed by atoms with Crippen LogP contribution >= 0.6 is 0 Å². The van der Waals surface area contributed by atoms with Gasteiger partial charge in [-0.25, -0.2) is 9.37 Å². The smallest absolute Gasteiger partial charge is 0.255 e. The van der Waals surface area contributed by atoms with Crippen molar-refractivity contribution < 1.29 is 9.18 Å². The van der Waals surface area contributed by atoms with E-state index in [-0.39, 0.29) is 23.3 Å². The number of pyridine rings is 1. The average Bonchev–Trinajstić information content (AvgIpc) is 2.35. The first-order valence-corrected chi connectivity index (χ1v) is 5.96. The first kappa shape index (κ1) is 12.8. The lowest BCUT2D eigenvalue weighted by molar-refractivity contribution is 0.0917. The molecule has 1 aromatic rings. The van der Waals surface area contributed by atoms with Crippen molar-refractivity contribution in [3.05, 3.63) is 23.6 Å². The Kier molecular flexibility index (Phi) is 3.76. The van der Waals surface area contributed by atoms with Crippen LogP contribution in [0.15, 0.2) is 12.3 Å². The van der Waals surface area contributed by atoms with Crippen molar-refractivity contribution in [1.82, 2.24) is 15.2 Å². The molecule has 0 radical (unpaired) electrons. The lowest BCUT2D eigenvalue weighted by Gasteiger charge is -2.29. The van der Waals surface area contributed by atoms with Gasteiger partial charge in [-0.05, 0) is 39.0 Å². The highest BCUT2D eigenvalue weighted by molar-refractivity contribution is 5.98. The van der Waals surface area contributed by atoms with Gasteiger partial charge in [-0.2, -0.15) is 0 Å². The van der Waals surface area contributed by atoms with Crippen LogP contribution in [-0.4, -0.2) is 42.0 Å². The maximum Gasteiger partial charge on any atom is 0.255 e. The summed E-state index contributed by atoms with van der Waals surface area (Å²) >= 11 is 0. The monoisotopic (exact) mass is 252 g/mol. The summed E-state index contributed by atoms with van der Waals surface area (Å²) in [6.45, 7) is 1.89. The molecule has 1 amide bonds. The molecule has 0 aromatic carbocycles. The van der Waals surface area contributed by atoms with Gasteiger partial charge in [0.15, 0.2) is 0 Å². The molecule has 1 aromatic heterocycles. The number of likely N-dealkylation sites (tertiary alicyclic amines) is 1. The summed E-state index contributed by atoms with van der Waals surface area (Å²) in [4.78, 5) is 17.8. The molecule has 3 N–H and O–H groups in total. The van der Waals surface area contributed by atoms with Gasteiger partial charge in [0.1, 0.15) is 11.6 Å². The minimum atomic E-state index is -0.558. The first-order valence-electron chi connectivity index (χ1n) is 5.96. The number of hydrogen-bond donors (Lipinski definition) is 2. The highest BCUT2D eigenvalue weighted by Gasteiger charge is 2.20. The van der Waals surface area contributed by atoms with E-state index in [1.54, 1.807) is 0 Å². The molecular weight excluding hydrogens is 235 g/mol. The number of nitrogens with two attached hydrogens (primary N) is 1. The van der Waals surface area contributed by atoms with Gasteiger partial charge in [0.2, 0.25) is 0 Å². The molecular formula is C12H17FN4O. The van der Waals surface area contributed by atoms with Crippen LogP contribution in [0, 0.1) is 5.82 Å². The Bertz CT molecular complexity index is 444. The molecule has 1 aliphatic rings. The van der Waals surface area contributed by atoms with Gasteiger partial charge in [-0.1, -0.05) is 0 Å². The van der Waals surface area contributed by atoms with Gasteiger partial charge in [0.05, 0.1) is 11.8 Å². The van der Waals surface area contributed by atoms with E-state index >= 15 is 0 Å². The SMILES string of the molecule is CN1CCC(NC(=O)c2cc(F)cnc2N)CC1. The van der Waals surface area contributed by atoms with E-state index in [2.05, 4.69) is 15.2 Å². The minimum absolute atomic E-state index is 0.0572. The van der Waals surface area contributed by atoms with Crippen molar-refractivity contribution in [1.29, 1.82) is 0 Å². The predicted octanol–water partition coefficient (Wildman–Crippen LogP) is 0.627. The zero-order valence-corrected chi connectivity index (χ0v) is 10.3. The van der Waals surface area contributed by atoms with Crippen LogP contribution in [0.2, 0.25) is 0 Å². The minimum Gasteiger partial charge on any atom is -0.383 e. The van der Waals surface area contributed by atoms with Gasteiger partial charge < -0.3 is 16.0 Å². The van der Waals surface area contributed by atoms with Crippen molar-refractivity contribution in [2.75, 3.05) is 25.9 Å². The molecule has 18 heavy (non-hydrogen) atoms. The third kappa shape index (κ3) is 2.95. The second kappa shape index (κ2) is 5.30. The van der Waals surface area contributed by atoms with Crippen LogP contribution < -0.4 is 11.1 Å². The summed E-state index contributed by atoms with van der Waals surface area (Å²) in [5.41, 5.74) is 5.68. The number of amides is 1. The molecule has 1 saturated heterocycles. The van der Waals surface area contributed by atoms with Crippen LogP contribution in [0.4, 0.5) is 10.2 Å². The first-order chi connectivity index (χ1) is 8.56. The van der Waals surface area contributed by atoms with E-state index in [4.69, 9.17) is 5.73 Å². The van der Waals surface area contributed by atoms with Crippen LogP contribution in [-0.2, 0) is 0 Å². The van der Waals surface area contributed by atoms with Crippen molar-refractivity contribution in [2.45, 2.75) is 18.9 Å². The second-order valence-corrected chi connectivity index (χ2v) is 4.64. The van der Waals surface area contributed by atoms with Gasteiger partial charge in [-0.15, -0.1) is 0 Å². The van der Waals surface area contributed by atoms with Crippen LogP contribution in [0.3, 0.4) is 0 Å².